The van der Waals surface area contributed by atoms with Gasteiger partial charge in [0.1, 0.15) is 0 Å². The molecule has 2 aromatic carbocycles. The minimum absolute atomic E-state index is 0.0331. The quantitative estimate of drug-likeness (QED) is 0.853. The van der Waals surface area contributed by atoms with Gasteiger partial charge in [0.15, 0.2) is 17.3 Å². The minimum atomic E-state index is -3.95. The molecule has 24 heavy (non-hydrogen) atoms. The number of alkyl halides is 2. The molecule has 3 rings (SSSR count). The van der Waals surface area contributed by atoms with Crippen molar-refractivity contribution in [1.29, 1.82) is 0 Å². The minimum Gasteiger partial charge on any atom is -0.395 e. The van der Waals surface area contributed by atoms with Crippen LogP contribution in [0, 0.1) is 0 Å². The number of halogens is 2. The van der Waals surface area contributed by atoms with Gasteiger partial charge in [0, 0.05) is 11.6 Å². The molecule has 0 unspecified atom stereocenters. The largest absolute Gasteiger partial charge is 0.586 e. The van der Waals surface area contributed by atoms with Crippen LogP contribution in [0.15, 0.2) is 47.4 Å². The molecule has 1 heterocycles. The Balaban J connectivity index is 1.84. The Hall–Kier alpha value is -2.68. The predicted molar refractivity (Wildman–Crippen MR) is 79.9 cm³/mol. The van der Waals surface area contributed by atoms with E-state index in [9.17, 15) is 22.0 Å². The maximum Gasteiger partial charge on any atom is 0.586 e. The first-order chi connectivity index (χ1) is 11.2. The van der Waals surface area contributed by atoms with Crippen molar-refractivity contribution in [3.05, 3.63) is 48.0 Å². The number of Topliss-reactive ketones (excluding diaryl/α,β-unsaturated/α-hetero) is 1. The first kappa shape index (κ1) is 16.2. The van der Waals surface area contributed by atoms with Crippen LogP contribution in [0.1, 0.15) is 17.3 Å². The summed E-state index contributed by atoms with van der Waals surface area (Å²) in [5, 5.41) is 0. The number of anilines is 1. The summed E-state index contributed by atoms with van der Waals surface area (Å²) in [6.07, 6.45) is -3.78. The van der Waals surface area contributed by atoms with E-state index in [0.29, 0.717) is 5.56 Å². The zero-order valence-corrected chi connectivity index (χ0v) is 13.1. The van der Waals surface area contributed by atoms with Gasteiger partial charge in [-0.25, -0.2) is 8.42 Å². The monoisotopic (exact) mass is 355 g/mol. The fraction of sp³-hybridized carbons (Fsp3) is 0.133. The van der Waals surface area contributed by atoms with E-state index in [1.807, 2.05) is 0 Å². The second kappa shape index (κ2) is 5.45. The molecule has 0 radical (unpaired) electrons. The second-order valence-corrected chi connectivity index (χ2v) is 6.70. The van der Waals surface area contributed by atoms with Gasteiger partial charge in [-0.3, -0.25) is 9.52 Å². The van der Waals surface area contributed by atoms with Crippen LogP contribution in [0.2, 0.25) is 0 Å². The number of sulfonamides is 1. The molecule has 126 valence electrons. The number of hydrogen-bond acceptors (Lipinski definition) is 5. The SMILES string of the molecule is CC(=O)c1ccc(S(=O)(=O)Nc2ccc3c(c2)OC(F)(F)O3)cc1. The van der Waals surface area contributed by atoms with E-state index in [4.69, 9.17) is 0 Å². The summed E-state index contributed by atoms with van der Waals surface area (Å²) in [6, 6.07) is 8.87. The molecule has 1 aliphatic heterocycles. The highest BCUT2D eigenvalue weighted by atomic mass is 32.2. The van der Waals surface area contributed by atoms with Gasteiger partial charge in [0.05, 0.1) is 10.6 Å². The number of carbonyl (C=O) groups excluding carboxylic acids is 1. The summed E-state index contributed by atoms with van der Waals surface area (Å²) in [6.45, 7) is 1.37. The third-order valence-electron chi connectivity index (χ3n) is 3.22. The van der Waals surface area contributed by atoms with E-state index >= 15 is 0 Å². The second-order valence-electron chi connectivity index (χ2n) is 5.02. The maximum absolute atomic E-state index is 13.0. The number of carbonyl (C=O) groups is 1. The molecule has 0 bridgehead atoms. The molecule has 1 aliphatic rings. The van der Waals surface area contributed by atoms with Gasteiger partial charge >= 0.3 is 6.29 Å². The van der Waals surface area contributed by atoms with E-state index in [-0.39, 0.29) is 27.9 Å². The first-order valence-electron chi connectivity index (χ1n) is 6.70. The molecular weight excluding hydrogens is 344 g/mol. The van der Waals surface area contributed by atoms with Crippen molar-refractivity contribution in [3.63, 3.8) is 0 Å². The molecule has 0 spiro atoms. The van der Waals surface area contributed by atoms with Crippen LogP contribution < -0.4 is 14.2 Å². The Labute approximate surface area is 136 Å². The molecule has 2 aromatic rings. The molecule has 1 N–H and O–H groups in total. The van der Waals surface area contributed by atoms with E-state index in [1.54, 1.807) is 0 Å². The van der Waals surface area contributed by atoms with Crippen LogP contribution in [-0.4, -0.2) is 20.5 Å². The molecule has 9 heteroatoms. The third-order valence-corrected chi connectivity index (χ3v) is 4.62. The zero-order valence-electron chi connectivity index (χ0n) is 12.2. The molecule has 0 saturated carbocycles. The van der Waals surface area contributed by atoms with E-state index in [1.165, 1.54) is 43.3 Å². The topological polar surface area (TPSA) is 81.7 Å². The summed E-state index contributed by atoms with van der Waals surface area (Å²) < 4.78 is 61.3. The number of fused-ring (bicyclic) bond motifs is 1. The van der Waals surface area contributed by atoms with Crippen molar-refractivity contribution in [2.45, 2.75) is 18.1 Å². The van der Waals surface area contributed by atoms with Gasteiger partial charge in [-0.1, -0.05) is 12.1 Å². The standard InChI is InChI=1S/C15H11F2NO5S/c1-9(19)10-2-5-12(6-3-10)24(20,21)18-11-4-7-13-14(8-11)23-15(16,17)22-13/h2-8,18H,1H3. The smallest absolute Gasteiger partial charge is 0.395 e. The molecule has 0 saturated heterocycles. The normalized spacial score (nSPS) is 15.1. The van der Waals surface area contributed by atoms with Gasteiger partial charge < -0.3 is 9.47 Å². The summed E-state index contributed by atoms with van der Waals surface area (Å²) in [4.78, 5) is 11.1. The number of ether oxygens (including phenoxy) is 2. The average molecular weight is 355 g/mol. The van der Waals surface area contributed by atoms with Crippen molar-refractivity contribution in [1.82, 2.24) is 0 Å². The third kappa shape index (κ3) is 3.16. The average Bonchev–Trinajstić information content (AvgIpc) is 2.80. The van der Waals surface area contributed by atoms with E-state index in [0.717, 1.165) is 6.07 Å². The van der Waals surface area contributed by atoms with Crippen LogP contribution in [0.4, 0.5) is 14.5 Å². The number of rotatable bonds is 4. The molecule has 0 atom stereocenters. The fourth-order valence-electron chi connectivity index (χ4n) is 2.10. The van der Waals surface area contributed by atoms with Crippen LogP contribution in [0.25, 0.3) is 0 Å². The van der Waals surface area contributed by atoms with Gasteiger partial charge in [0.2, 0.25) is 0 Å². The highest BCUT2D eigenvalue weighted by molar-refractivity contribution is 7.92. The number of benzene rings is 2. The fourth-order valence-corrected chi connectivity index (χ4v) is 3.14. The van der Waals surface area contributed by atoms with Gasteiger partial charge in [-0.05, 0) is 31.2 Å². The van der Waals surface area contributed by atoms with Crippen LogP contribution in [-0.2, 0) is 10.0 Å². The molecule has 0 aromatic heterocycles. The van der Waals surface area contributed by atoms with Gasteiger partial charge in [-0.15, -0.1) is 8.78 Å². The molecule has 0 aliphatic carbocycles. The first-order valence-corrected chi connectivity index (χ1v) is 8.18. The predicted octanol–water partition coefficient (Wildman–Crippen LogP) is 3.01. The summed E-state index contributed by atoms with van der Waals surface area (Å²) in [5.41, 5.74) is 0.407. The van der Waals surface area contributed by atoms with E-state index < -0.39 is 16.3 Å². The van der Waals surface area contributed by atoms with Crippen LogP contribution in [0.5, 0.6) is 11.5 Å². The molecule has 6 nitrogen and oxygen atoms in total. The van der Waals surface area contributed by atoms with Crippen molar-refractivity contribution >= 4 is 21.5 Å². The lowest BCUT2D eigenvalue weighted by atomic mass is 10.2. The zero-order chi connectivity index (χ0) is 17.5. The van der Waals surface area contributed by atoms with Gasteiger partial charge in [-0.2, -0.15) is 0 Å². The Kier molecular flexibility index (Phi) is 3.67. The number of ketones is 1. The lowest BCUT2D eigenvalue weighted by Crippen LogP contribution is -2.25. The highest BCUT2D eigenvalue weighted by Gasteiger charge is 2.43. The lowest BCUT2D eigenvalue weighted by Gasteiger charge is -2.09. The molecular formula is C15H11F2NO5S. The van der Waals surface area contributed by atoms with Crippen molar-refractivity contribution in [2.75, 3.05) is 4.72 Å². The number of nitrogens with one attached hydrogen (secondary N) is 1. The summed E-state index contributed by atoms with van der Waals surface area (Å²) >= 11 is 0. The van der Waals surface area contributed by atoms with Crippen LogP contribution >= 0.6 is 0 Å². The number of hydrogen-bond donors (Lipinski definition) is 1. The highest BCUT2D eigenvalue weighted by Crippen LogP contribution is 2.42. The van der Waals surface area contributed by atoms with Crippen molar-refractivity contribution < 1.29 is 31.5 Å². The Morgan fingerprint density at radius 1 is 1.04 bits per heavy atom. The lowest BCUT2D eigenvalue weighted by molar-refractivity contribution is -0.286. The maximum atomic E-state index is 13.0. The van der Waals surface area contributed by atoms with Gasteiger partial charge in [0.25, 0.3) is 10.0 Å². The molecule has 0 fully saturated rings. The van der Waals surface area contributed by atoms with Crippen LogP contribution in [0.3, 0.4) is 0 Å². The Morgan fingerprint density at radius 3 is 2.29 bits per heavy atom. The molecule has 0 amide bonds. The Bertz CT molecular complexity index is 910. The summed E-state index contributed by atoms with van der Waals surface area (Å²) in [5.74, 6) is -0.649. The van der Waals surface area contributed by atoms with E-state index in [2.05, 4.69) is 14.2 Å². The van der Waals surface area contributed by atoms with Crippen molar-refractivity contribution in [2.24, 2.45) is 0 Å². The summed E-state index contributed by atoms with van der Waals surface area (Å²) in [7, 11) is -3.95. The Morgan fingerprint density at radius 2 is 1.67 bits per heavy atom. The van der Waals surface area contributed by atoms with Crippen molar-refractivity contribution in [3.8, 4) is 11.5 Å².